The first-order valence-electron chi connectivity index (χ1n) is 6.77. The number of hydrogen-bond donors (Lipinski definition) is 0. The number of rotatable bonds is 3. The summed E-state index contributed by atoms with van der Waals surface area (Å²) in [5.74, 6) is 1.24. The molecule has 1 aliphatic heterocycles. The van der Waals surface area contributed by atoms with E-state index in [2.05, 4.69) is 21.8 Å². The van der Waals surface area contributed by atoms with Gasteiger partial charge in [0.2, 0.25) is 5.91 Å². The van der Waals surface area contributed by atoms with Crippen molar-refractivity contribution in [1.29, 1.82) is 5.26 Å². The summed E-state index contributed by atoms with van der Waals surface area (Å²) >= 11 is 0. The number of carbonyl (C=O) groups is 1. The van der Waals surface area contributed by atoms with Gasteiger partial charge in [-0.05, 0) is 18.4 Å². The van der Waals surface area contributed by atoms with Crippen LogP contribution in [-0.4, -0.2) is 47.0 Å². The average molecular weight is 273 g/mol. The van der Waals surface area contributed by atoms with Crippen molar-refractivity contribution in [3.63, 3.8) is 0 Å². The summed E-state index contributed by atoms with van der Waals surface area (Å²) in [6.45, 7) is 3.56. The zero-order valence-corrected chi connectivity index (χ0v) is 11.9. The Morgan fingerprint density at radius 3 is 3.10 bits per heavy atom. The molecule has 1 aliphatic rings. The molecule has 20 heavy (non-hydrogen) atoms. The molecule has 0 aliphatic carbocycles. The van der Waals surface area contributed by atoms with Gasteiger partial charge in [0, 0.05) is 26.3 Å². The van der Waals surface area contributed by atoms with Crippen molar-refractivity contribution in [3.05, 3.63) is 18.6 Å². The van der Waals surface area contributed by atoms with E-state index < -0.39 is 0 Å². The molecule has 6 heteroatoms. The molecule has 0 aromatic carbocycles. The van der Waals surface area contributed by atoms with Crippen molar-refractivity contribution in [1.82, 2.24) is 14.9 Å². The molecule has 0 unspecified atom stereocenters. The lowest BCUT2D eigenvalue weighted by molar-refractivity contribution is -0.131. The van der Waals surface area contributed by atoms with Gasteiger partial charge in [-0.1, -0.05) is 6.92 Å². The predicted octanol–water partition coefficient (Wildman–Crippen LogP) is 1.06. The Kier molecular flexibility index (Phi) is 4.51. The fourth-order valence-electron chi connectivity index (χ4n) is 2.62. The third-order valence-electron chi connectivity index (χ3n) is 3.93. The second kappa shape index (κ2) is 6.33. The van der Waals surface area contributed by atoms with Crippen LogP contribution in [0.15, 0.2) is 18.6 Å². The number of hydrogen-bond acceptors (Lipinski definition) is 5. The molecule has 106 valence electrons. The number of aromatic nitrogens is 2. The summed E-state index contributed by atoms with van der Waals surface area (Å²) in [5.41, 5.74) is 0. The Labute approximate surface area is 119 Å². The Bertz CT molecular complexity index is 498. The van der Waals surface area contributed by atoms with Gasteiger partial charge in [-0.15, -0.1) is 0 Å². The Morgan fingerprint density at radius 2 is 2.45 bits per heavy atom. The van der Waals surface area contributed by atoms with Gasteiger partial charge in [0.05, 0.1) is 12.1 Å². The molecule has 2 heterocycles. The summed E-state index contributed by atoms with van der Waals surface area (Å²) in [7, 11) is 1.99. The van der Waals surface area contributed by atoms with Gasteiger partial charge in [-0.25, -0.2) is 9.97 Å². The molecular weight excluding hydrogens is 254 g/mol. The second-order valence-corrected chi connectivity index (χ2v) is 5.19. The SMILES string of the molecule is C[C@@H]1CCN(C(=O)CC#N)C[C@@H]1N(C)c1ccncn1. The molecule has 2 atom stereocenters. The van der Waals surface area contributed by atoms with E-state index in [1.54, 1.807) is 11.1 Å². The lowest BCUT2D eigenvalue weighted by Crippen LogP contribution is -2.52. The predicted molar refractivity (Wildman–Crippen MR) is 74.8 cm³/mol. The van der Waals surface area contributed by atoms with Crippen molar-refractivity contribution in [2.45, 2.75) is 25.8 Å². The molecule has 0 bridgehead atoms. The van der Waals surface area contributed by atoms with Crippen LogP contribution in [-0.2, 0) is 4.79 Å². The maximum Gasteiger partial charge on any atom is 0.236 e. The Morgan fingerprint density at radius 1 is 1.65 bits per heavy atom. The number of likely N-dealkylation sites (tertiary alicyclic amines) is 1. The monoisotopic (exact) mass is 273 g/mol. The van der Waals surface area contributed by atoms with Gasteiger partial charge >= 0.3 is 0 Å². The van der Waals surface area contributed by atoms with Crippen molar-refractivity contribution in [3.8, 4) is 6.07 Å². The van der Waals surface area contributed by atoms with Gasteiger partial charge in [-0.2, -0.15) is 5.26 Å². The van der Waals surface area contributed by atoms with E-state index in [1.165, 1.54) is 6.33 Å². The molecule has 1 fully saturated rings. The number of nitriles is 1. The van der Waals surface area contributed by atoms with E-state index >= 15 is 0 Å². The van der Waals surface area contributed by atoms with E-state index in [4.69, 9.17) is 5.26 Å². The van der Waals surface area contributed by atoms with Crippen molar-refractivity contribution >= 4 is 11.7 Å². The van der Waals surface area contributed by atoms with Crippen LogP contribution < -0.4 is 4.90 Å². The number of amides is 1. The Balaban J connectivity index is 2.09. The molecular formula is C14H19N5O. The molecule has 6 nitrogen and oxygen atoms in total. The fourth-order valence-corrected chi connectivity index (χ4v) is 2.62. The lowest BCUT2D eigenvalue weighted by Gasteiger charge is -2.41. The summed E-state index contributed by atoms with van der Waals surface area (Å²) in [6.07, 6.45) is 4.14. The standard InChI is InChI=1S/C14H19N5O/c1-11-5-8-19(14(20)3-6-15)9-12(11)18(2)13-4-7-16-10-17-13/h4,7,10-12H,3,5,8-9H2,1-2H3/t11-,12+/m1/s1. The average Bonchev–Trinajstić information content (AvgIpc) is 2.48. The summed E-state index contributed by atoms with van der Waals surface area (Å²) in [4.78, 5) is 23.9. The molecule has 0 spiro atoms. The normalized spacial score (nSPS) is 22.1. The lowest BCUT2D eigenvalue weighted by atomic mass is 9.92. The number of carbonyl (C=O) groups excluding carboxylic acids is 1. The number of anilines is 1. The Hall–Kier alpha value is -2.16. The zero-order chi connectivity index (χ0) is 14.5. The second-order valence-electron chi connectivity index (χ2n) is 5.19. The first-order chi connectivity index (χ1) is 9.63. The smallest absolute Gasteiger partial charge is 0.236 e. The van der Waals surface area contributed by atoms with Crippen molar-refractivity contribution < 1.29 is 4.79 Å². The quantitative estimate of drug-likeness (QED) is 0.823. The van der Waals surface area contributed by atoms with Gasteiger partial charge in [-0.3, -0.25) is 4.79 Å². The summed E-state index contributed by atoms with van der Waals surface area (Å²) < 4.78 is 0. The maximum absolute atomic E-state index is 11.9. The third-order valence-corrected chi connectivity index (χ3v) is 3.93. The van der Waals surface area contributed by atoms with Gasteiger partial charge in [0.1, 0.15) is 18.6 Å². The van der Waals surface area contributed by atoms with Crippen LogP contribution in [0.5, 0.6) is 0 Å². The summed E-state index contributed by atoms with van der Waals surface area (Å²) in [6, 6.07) is 4.00. The molecule has 0 N–H and O–H groups in total. The van der Waals surface area contributed by atoms with Crippen LogP contribution >= 0.6 is 0 Å². The first-order valence-corrected chi connectivity index (χ1v) is 6.77. The molecule has 0 saturated carbocycles. The highest BCUT2D eigenvalue weighted by Gasteiger charge is 2.31. The van der Waals surface area contributed by atoms with Crippen LogP contribution in [0.3, 0.4) is 0 Å². The van der Waals surface area contributed by atoms with Crippen LogP contribution in [0.4, 0.5) is 5.82 Å². The van der Waals surface area contributed by atoms with Crippen LogP contribution in [0.1, 0.15) is 19.8 Å². The van der Waals surface area contributed by atoms with Crippen molar-refractivity contribution in [2.24, 2.45) is 5.92 Å². The molecule has 1 aromatic heterocycles. The highest BCUT2D eigenvalue weighted by atomic mass is 16.2. The van der Waals surface area contributed by atoms with Gasteiger partial charge < -0.3 is 9.80 Å². The molecule has 1 aromatic rings. The molecule has 1 saturated heterocycles. The highest BCUT2D eigenvalue weighted by Crippen LogP contribution is 2.24. The number of nitrogens with zero attached hydrogens (tertiary/aromatic N) is 5. The number of piperidine rings is 1. The fraction of sp³-hybridized carbons (Fsp3) is 0.571. The maximum atomic E-state index is 11.9. The van der Waals surface area contributed by atoms with Crippen molar-refractivity contribution in [2.75, 3.05) is 25.0 Å². The van der Waals surface area contributed by atoms with Gasteiger partial charge in [0.25, 0.3) is 0 Å². The highest BCUT2D eigenvalue weighted by molar-refractivity contribution is 5.78. The summed E-state index contributed by atoms with van der Waals surface area (Å²) in [5, 5.41) is 8.65. The van der Waals surface area contributed by atoms with E-state index in [9.17, 15) is 4.79 Å². The minimum absolute atomic E-state index is 0.0433. The van der Waals surface area contributed by atoms with E-state index in [0.29, 0.717) is 12.5 Å². The minimum Gasteiger partial charge on any atom is -0.355 e. The number of likely N-dealkylation sites (N-methyl/N-ethyl adjacent to an activating group) is 1. The first kappa shape index (κ1) is 14.3. The molecule has 1 amide bonds. The topological polar surface area (TPSA) is 73.1 Å². The molecule has 2 rings (SSSR count). The van der Waals surface area contributed by atoms with Crippen LogP contribution in [0.25, 0.3) is 0 Å². The molecule has 0 radical (unpaired) electrons. The van der Waals surface area contributed by atoms with Crippen LogP contribution in [0.2, 0.25) is 0 Å². The van der Waals surface area contributed by atoms with E-state index in [-0.39, 0.29) is 18.4 Å². The van der Waals surface area contributed by atoms with Gasteiger partial charge in [0.15, 0.2) is 0 Å². The van der Waals surface area contributed by atoms with E-state index in [1.807, 2.05) is 19.2 Å². The largest absolute Gasteiger partial charge is 0.355 e. The minimum atomic E-state index is -0.0829. The third kappa shape index (κ3) is 3.05. The zero-order valence-electron chi connectivity index (χ0n) is 11.9. The van der Waals surface area contributed by atoms with E-state index in [0.717, 1.165) is 18.8 Å². The van der Waals surface area contributed by atoms with Crippen LogP contribution in [0, 0.1) is 17.2 Å².